The minimum absolute atomic E-state index is 0.197. The first-order valence-electron chi connectivity index (χ1n) is 7.75. The lowest BCUT2D eigenvalue weighted by atomic mass is 9.95. The average Bonchev–Trinajstić information content (AvgIpc) is 2.35. The van der Waals surface area contributed by atoms with Crippen molar-refractivity contribution in [3.8, 4) is 0 Å². The number of unbranched alkanes of at least 4 members (excludes halogenated alkanes) is 3. The molecule has 0 aromatic rings. The number of hydrogen-bond acceptors (Lipinski definition) is 2. The summed E-state index contributed by atoms with van der Waals surface area (Å²) in [6, 6.07) is 0. The number of nitrogens with one attached hydrogen (secondary N) is 1. The van der Waals surface area contributed by atoms with Crippen LogP contribution in [0.3, 0.4) is 0 Å². The van der Waals surface area contributed by atoms with Crippen LogP contribution in [0, 0.1) is 5.92 Å². The molecule has 1 unspecified atom stereocenters. The normalized spacial score (nSPS) is 18.7. The molecule has 0 aromatic heterocycles. The predicted molar refractivity (Wildman–Crippen MR) is 76.6 cm³/mol. The minimum Gasteiger partial charge on any atom is -0.354 e. The van der Waals surface area contributed by atoms with Gasteiger partial charge in [-0.1, -0.05) is 46.0 Å². The van der Waals surface area contributed by atoms with E-state index in [0.717, 1.165) is 25.6 Å². The van der Waals surface area contributed by atoms with Gasteiger partial charge in [0, 0.05) is 19.6 Å². The molecule has 0 radical (unpaired) electrons. The Morgan fingerprint density at radius 1 is 1.17 bits per heavy atom. The average molecular weight is 254 g/mol. The maximum Gasteiger partial charge on any atom is 0.234 e. The van der Waals surface area contributed by atoms with Crippen molar-refractivity contribution in [2.45, 2.75) is 58.8 Å². The summed E-state index contributed by atoms with van der Waals surface area (Å²) in [5.41, 5.74) is 0. The molecule has 1 atom stereocenters. The molecular weight excluding hydrogens is 224 g/mol. The Bertz CT molecular complexity index is 231. The third-order valence-electron chi connectivity index (χ3n) is 3.80. The van der Waals surface area contributed by atoms with E-state index in [-0.39, 0.29) is 5.91 Å². The van der Waals surface area contributed by atoms with Gasteiger partial charge < -0.3 is 5.32 Å². The second kappa shape index (κ2) is 9.37. The van der Waals surface area contributed by atoms with Crippen LogP contribution in [0.1, 0.15) is 58.8 Å². The van der Waals surface area contributed by atoms with E-state index >= 15 is 0 Å². The van der Waals surface area contributed by atoms with Gasteiger partial charge in [-0.05, 0) is 18.8 Å². The van der Waals surface area contributed by atoms with Crippen LogP contribution in [0.4, 0.5) is 0 Å². The summed E-state index contributed by atoms with van der Waals surface area (Å²) >= 11 is 0. The predicted octanol–water partition coefficient (Wildman–Crippen LogP) is 2.80. The van der Waals surface area contributed by atoms with Crippen LogP contribution in [-0.4, -0.2) is 37.0 Å². The first-order valence-corrected chi connectivity index (χ1v) is 7.75. The van der Waals surface area contributed by atoms with Crippen molar-refractivity contribution in [1.29, 1.82) is 0 Å². The van der Waals surface area contributed by atoms with E-state index in [1.54, 1.807) is 0 Å². The summed E-state index contributed by atoms with van der Waals surface area (Å²) in [7, 11) is 0. The van der Waals surface area contributed by atoms with E-state index in [4.69, 9.17) is 0 Å². The highest BCUT2D eigenvalue weighted by Gasteiger charge is 2.19. The van der Waals surface area contributed by atoms with Crippen molar-refractivity contribution < 1.29 is 4.79 Å². The highest BCUT2D eigenvalue weighted by Crippen LogP contribution is 2.18. The van der Waals surface area contributed by atoms with Gasteiger partial charge in [-0.15, -0.1) is 0 Å². The van der Waals surface area contributed by atoms with Gasteiger partial charge in [-0.2, -0.15) is 0 Å². The molecule has 0 spiro atoms. The molecule has 0 bridgehead atoms. The van der Waals surface area contributed by atoms with E-state index in [9.17, 15) is 4.79 Å². The van der Waals surface area contributed by atoms with E-state index in [2.05, 4.69) is 24.1 Å². The number of carbonyl (C=O) groups is 1. The van der Waals surface area contributed by atoms with Crippen molar-refractivity contribution in [2.24, 2.45) is 5.92 Å². The summed E-state index contributed by atoms with van der Waals surface area (Å²) in [5, 5.41) is 2.90. The number of amides is 1. The lowest BCUT2D eigenvalue weighted by molar-refractivity contribution is -0.124. The number of carbonyl (C=O) groups excluding carboxylic acids is 1. The lowest BCUT2D eigenvalue weighted by Gasteiger charge is -2.30. The van der Waals surface area contributed by atoms with Crippen LogP contribution in [0.25, 0.3) is 0 Å². The zero-order valence-electron chi connectivity index (χ0n) is 12.2. The van der Waals surface area contributed by atoms with Crippen LogP contribution in [0.2, 0.25) is 0 Å². The molecule has 1 amide bonds. The molecule has 1 heterocycles. The van der Waals surface area contributed by atoms with Crippen molar-refractivity contribution in [1.82, 2.24) is 10.2 Å². The molecule has 1 N–H and O–H groups in total. The SMILES string of the molecule is CCCCCCC(CCC)CN1CCNC(=O)C1. The Kier molecular flexibility index (Phi) is 8.06. The molecule has 0 aromatic carbocycles. The molecule has 0 saturated carbocycles. The Balaban J connectivity index is 2.24. The molecule has 1 saturated heterocycles. The van der Waals surface area contributed by atoms with E-state index in [0.29, 0.717) is 6.54 Å². The largest absolute Gasteiger partial charge is 0.354 e. The van der Waals surface area contributed by atoms with Crippen LogP contribution < -0.4 is 5.32 Å². The third-order valence-corrected chi connectivity index (χ3v) is 3.80. The van der Waals surface area contributed by atoms with Crippen LogP contribution in [0.5, 0.6) is 0 Å². The second-order valence-electron chi connectivity index (χ2n) is 5.59. The van der Waals surface area contributed by atoms with Crippen LogP contribution >= 0.6 is 0 Å². The smallest absolute Gasteiger partial charge is 0.234 e. The first kappa shape index (κ1) is 15.5. The van der Waals surface area contributed by atoms with Gasteiger partial charge >= 0.3 is 0 Å². The van der Waals surface area contributed by atoms with Crippen LogP contribution in [-0.2, 0) is 4.79 Å². The molecule has 18 heavy (non-hydrogen) atoms. The number of hydrogen-bond donors (Lipinski definition) is 1. The molecule has 1 aliphatic heterocycles. The van der Waals surface area contributed by atoms with E-state index in [1.807, 2.05) is 0 Å². The Hall–Kier alpha value is -0.570. The molecule has 3 heteroatoms. The van der Waals surface area contributed by atoms with Gasteiger partial charge in [0.25, 0.3) is 0 Å². The molecule has 1 rings (SSSR count). The molecular formula is C15H30N2O. The van der Waals surface area contributed by atoms with Gasteiger partial charge in [-0.3, -0.25) is 9.69 Å². The fourth-order valence-corrected chi connectivity index (χ4v) is 2.81. The zero-order chi connectivity index (χ0) is 13.2. The first-order chi connectivity index (χ1) is 8.76. The lowest BCUT2D eigenvalue weighted by Crippen LogP contribution is -2.48. The van der Waals surface area contributed by atoms with Crippen molar-refractivity contribution >= 4 is 5.91 Å². The summed E-state index contributed by atoms with van der Waals surface area (Å²) in [6.07, 6.45) is 9.32. The number of piperazine rings is 1. The third kappa shape index (κ3) is 6.39. The van der Waals surface area contributed by atoms with Crippen molar-refractivity contribution in [3.05, 3.63) is 0 Å². The van der Waals surface area contributed by atoms with E-state index in [1.165, 1.54) is 44.9 Å². The quantitative estimate of drug-likeness (QED) is 0.642. The topological polar surface area (TPSA) is 32.3 Å². The molecule has 1 fully saturated rings. The Morgan fingerprint density at radius 2 is 2.00 bits per heavy atom. The number of nitrogens with zero attached hydrogens (tertiary/aromatic N) is 1. The Morgan fingerprint density at radius 3 is 2.67 bits per heavy atom. The molecule has 1 aliphatic rings. The monoisotopic (exact) mass is 254 g/mol. The summed E-state index contributed by atoms with van der Waals surface area (Å²) < 4.78 is 0. The van der Waals surface area contributed by atoms with Crippen LogP contribution in [0.15, 0.2) is 0 Å². The maximum atomic E-state index is 11.4. The van der Waals surface area contributed by atoms with E-state index < -0.39 is 0 Å². The number of rotatable bonds is 9. The van der Waals surface area contributed by atoms with Crippen molar-refractivity contribution in [2.75, 3.05) is 26.2 Å². The summed E-state index contributed by atoms with van der Waals surface area (Å²) in [4.78, 5) is 13.7. The highest BCUT2D eigenvalue weighted by molar-refractivity contribution is 5.78. The highest BCUT2D eigenvalue weighted by atomic mass is 16.2. The van der Waals surface area contributed by atoms with Gasteiger partial charge in [0.2, 0.25) is 5.91 Å². The summed E-state index contributed by atoms with van der Waals surface area (Å²) in [5.74, 6) is 0.986. The van der Waals surface area contributed by atoms with Crippen molar-refractivity contribution in [3.63, 3.8) is 0 Å². The van der Waals surface area contributed by atoms with Gasteiger partial charge in [0.1, 0.15) is 0 Å². The van der Waals surface area contributed by atoms with Gasteiger partial charge in [0.15, 0.2) is 0 Å². The summed E-state index contributed by atoms with van der Waals surface area (Å²) in [6.45, 7) is 8.11. The second-order valence-corrected chi connectivity index (χ2v) is 5.59. The van der Waals surface area contributed by atoms with Gasteiger partial charge in [-0.25, -0.2) is 0 Å². The minimum atomic E-state index is 0.197. The molecule has 3 nitrogen and oxygen atoms in total. The maximum absolute atomic E-state index is 11.4. The zero-order valence-corrected chi connectivity index (χ0v) is 12.2. The molecule has 106 valence electrons. The molecule has 0 aliphatic carbocycles. The Labute approximate surface area is 112 Å². The fraction of sp³-hybridized carbons (Fsp3) is 0.933. The van der Waals surface area contributed by atoms with Gasteiger partial charge in [0.05, 0.1) is 6.54 Å². The standard InChI is InChI=1S/C15H30N2O/c1-3-5-6-7-9-14(8-4-2)12-17-11-10-16-15(18)13-17/h14H,3-13H2,1-2H3,(H,16,18). The fourth-order valence-electron chi connectivity index (χ4n) is 2.81.